The third kappa shape index (κ3) is 4.55. The van der Waals surface area contributed by atoms with Crippen molar-refractivity contribution in [3.05, 3.63) is 58.7 Å². The number of ether oxygens (including phenoxy) is 2. The Morgan fingerprint density at radius 3 is 2.62 bits per heavy atom. The van der Waals surface area contributed by atoms with Crippen LogP contribution in [0.15, 0.2) is 42.5 Å². The van der Waals surface area contributed by atoms with E-state index >= 15 is 0 Å². The molecule has 0 amide bonds. The average molecular weight is 458 g/mol. The van der Waals surface area contributed by atoms with Crippen molar-refractivity contribution in [3.8, 4) is 5.75 Å². The molecule has 1 fully saturated rings. The minimum atomic E-state index is -0.987. The Hall–Kier alpha value is -2.74. The first-order valence-electron chi connectivity index (χ1n) is 10.8. The number of para-hydroxylation sites is 2. The molecule has 3 aromatic rings. The number of methoxy groups -OCH3 is 1. The predicted molar refractivity (Wildman–Crippen MR) is 126 cm³/mol. The van der Waals surface area contributed by atoms with E-state index in [1.165, 1.54) is 0 Å². The molecule has 0 bridgehead atoms. The van der Waals surface area contributed by atoms with Crippen LogP contribution >= 0.6 is 11.6 Å². The standard InChI is InChI=1S/C24H28ClN3O4/c1-3-32-21-7-5-4-6-20(21)27-10-12-28(13-11-27)22(31-2)15-18-17-14-16(25)8-9-19(17)26-23(18)24(29)30/h4-9,14,22,26H,3,10-13,15H2,1-2H3,(H,29,30). The zero-order chi connectivity index (χ0) is 22.7. The summed E-state index contributed by atoms with van der Waals surface area (Å²) in [4.78, 5) is 19.5. The number of nitrogens with zero attached hydrogens (tertiary/aromatic N) is 2. The Bertz CT molecular complexity index is 1090. The molecule has 1 saturated heterocycles. The monoisotopic (exact) mass is 457 g/mol. The van der Waals surface area contributed by atoms with Crippen LogP contribution in [0.4, 0.5) is 5.69 Å². The van der Waals surface area contributed by atoms with E-state index in [0.29, 0.717) is 23.6 Å². The van der Waals surface area contributed by atoms with Gasteiger partial charge in [0.2, 0.25) is 0 Å². The molecule has 2 N–H and O–H groups in total. The Kier molecular flexibility index (Phi) is 6.89. The van der Waals surface area contributed by atoms with Crippen LogP contribution in [0.5, 0.6) is 5.75 Å². The van der Waals surface area contributed by atoms with Crippen LogP contribution in [0.1, 0.15) is 23.0 Å². The van der Waals surface area contributed by atoms with Gasteiger partial charge in [-0.25, -0.2) is 4.79 Å². The molecule has 8 heteroatoms. The molecule has 1 aliphatic rings. The number of aromatic nitrogens is 1. The molecule has 1 unspecified atom stereocenters. The lowest BCUT2D eigenvalue weighted by atomic mass is 10.1. The summed E-state index contributed by atoms with van der Waals surface area (Å²) in [7, 11) is 1.67. The van der Waals surface area contributed by atoms with Gasteiger partial charge in [0.05, 0.1) is 12.3 Å². The van der Waals surface area contributed by atoms with Crippen molar-refractivity contribution >= 4 is 34.2 Å². The smallest absolute Gasteiger partial charge is 0.352 e. The quantitative estimate of drug-likeness (QED) is 0.526. The number of aromatic carboxylic acids is 1. The number of halogens is 1. The summed E-state index contributed by atoms with van der Waals surface area (Å²) in [5.74, 6) is -0.0898. The number of nitrogens with one attached hydrogen (secondary N) is 1. The summed E-state index contributed by atoms with van der Waals surface area (Å²) in [5.41, 5.74) is 2.76. The zero-order valence-electron chi connectivity index (χ0n) is 18.3. The maximum atomic E-state index is 11.9. The van der Waals surface area contributed by atoms with Crippen molar-refractivity contribution in [2.75, 3.05) is 44.8 Å². The van der Waals surface area contributed by atoms with Crippen LogP contribution in [0, 0.1) is 0 Å². The van der Waals surface area contributed by atoms with E-state index in [1.54, 1.807) is 13.2 Å². The fraction of sp³-hybridized carbons (Fsp3) is 0.375. The highest BCUT2D eigenvalue weighted by molar-refractivity contribution is 6.31. The molecule has 0 radical (unpaired) electrons. The maximum absolute atomic E-state index is 11.9. The molecule has 0 aliphatic carbocycles. The van der Waals surface area contributed by atoms with Gasteiger partial charge in [0.1, 0.15) is 17.7 Å². The Morgan fingerprint density at radius 1 is 1.19 bits per heavy atom. The lowest BCUT2D eigenvalue weighted by Crippen LogP contribution is -2.51. The number of carbonyl (C=O) groups is 1. The molecule has 7 nitrogen and oxygen atoms in total. The molecule has 32 heavy (non-hydrogen) atoms. The number of carboxylic acids is 1. The molecule has 4 rings (SSSR count). The molecule has 2 aromatic carbocycles. The highest BCUT2D eigenvalue weighted by atomic mass is 35.5. The summed E-state index contributed by atoms with van der Waals surface area (Å²) in [6.07, 6.45) is 0.212. The number of rotatable bonds is 8. The Morgan fingerprint density at radius 2 is 1.94 bits per heavy atom. The van der Waals surface area contributed by atoms with Gasteiger partial charge in [0.15, 0.2) is 0 Å². The molecule has 1 aromatic heterocycles. The second-order valence-electron chi connectivity index (χ2n) is 7.79. The lowest BCUT2D eigenvalue weighted by molar-refractivity contribution is -0.0340. The van der Waals surface area contributed by atoms with Gasteiger partial charge in [0, 0.05) is 55.6 Å². The van der Waals surface area contributed by atoms with Gasteiger partial charge in [-0.05, 0) is 42.8 Å². The van der Waals surface area contributed by atoms with Crippen molar-refractivity contribution < 1.29 is 19.4 Å². The van der Waals surface area contributed by atoms with Crippen LogP contribution in [-0.2, 0) is 11.2 Å². The van der Waals surface area contributed by atoms with Crippen LogP contribution in [0.25, 0.3) is 10.9 Å². The molecule has 2 heterocycles. The van der Waals surface area contributed by atoms with Crippen molar-refractivity contribution in [1.29, 1.82) is 0 Å². The van der Waals surface area contributed by atoms with Crippen LogP contribution < -0.4 is 9.64 Å². The van der Waals surface area contributed by atoms with Crippen LogP contribution in [0.2, 0.25) is 5.02 Å². The van der Waals surface area contributed by atoms with E-state index in [9.17, 15) is 9.90 Å². The van der Waals surface area contributed by atoms with E-state index in [0.717, 1.165) is 48.5 Å². The molecule has 170 valence electrons. The summed E-state index contributed by atoms with van der Waals surface area (Å²) in [5, 5.41) is 11.1. The number of hydrogen-bond donors (Lipinski definition) is 2. The van der Waals surface area contributed by atoms with Gasteiger partial charge < -0.3 is 24.5 Å². The van der Waals surface area contributed by atoms with E-state index in [1.807, 2.05) is 37.3 Å². The highest BCUT2D eigenvalue weighted by Gasteiger charge is 2.28. The fourth-order valence-corrected chi connectivity index (χ4v) is 4.57. The maximum Gasteiger partial charge on any atom is 0.352 e. The minimum absolute atomic E-state index is 0.189. The molecule has 0 spiro atoms. The zero-order valence-corrected chi connectivity index (χ0v) is 19.1. The first-order chi connectivity index (χ1) is 15.5. The molecule has 1 aliphatic heterocycles. The number of anilines is 1. The number of carboxylic acid groups (broad SMARTS) is 1. The fourth-order valence-electron chi connectivity index (χ4n) is 4.40. The van der Waals surface area contributed by atoms with Crippen molar-refractivity contribution in [3.63, 3.8) is 0 Å². The number of hydrogen-bond acceptors (Lipinski definition) is 5. The second-order valence-corrected chi connectivity index (χ2v) is 8.23. The predicted octanol–water partition coefficient (Wildman–Crippen LogP) is 4.26. The van der Waals surface area contributed by atoms with Crippen molar-refractivity contribution in [2.45, 2.75) is 19.6 Å². The Balaban J connectivity index is 1.51. The van der Waals surface area contributed by atoms with Gasteiger partial charge in [0.25, 0.3) is 0 Å². The summed E-state index contributed by atoms with van der Waals surface area (Å²) < 4.78 is 11.6. The van der Waals surface area contributed by atoms with Crippen LogP contribution in [-0.4, -0.2) is 67.1 Å². The normalized spacial score (nSPS) is 15.8. The lowest BCUT2D eigenvalue weighted by Gasteiger charge is -2.40. The Labute approximate surface area is 192 Å². The van der Waals surface area contributed by atoms with Gasteiger partial charge >= 0.3 is 5.97 Å². The highest BCUT2D eigenvalue weighted by Crippen LogP contribution is 2.31. The summed E-state index contributed by atoms with van der Waals surface area (Å²) in [6, 6.07) is 13.5. The van der Waals surface area contributed by atoms with Crippen molar-refractivity contribution in [1.82, 2.24) is 9.88 Å². The van der Waals surface area contributed by atoms with E-state index in [4.69, 9.17) is 21.1 Å². The number of H-pyrrole nitrogens is 1. The van der Waals surface area contributed by atoms with E-state index < -0.39 is 5.97 Å². The topological polar surface area (TPSA) is 78.0 Å². The number of aromatic amines is 1. The van der Waals surface area contributed by atoms with Crippen LogP contribution in [0.3, 0.4) is 0 Å². The molecule has 0 saturated carbocycles. The third-order valence-corrected chi connectivity index (χ3v) is 6.20. The van der Waals surface area contributed by atoms with Crippen molar-refractivity contribution in [2.24, 2.45) is 0 Å². The van der Waals surface area contributed by atoms with Gasteiger partial charge in [-0.3, -0.25) is 4.90 Å². The first kappa shape index (κ1) is 22.5. The number of piperazine rings is 1. The average Bonchev–Trinajstić information content (AvgIpc) is 3.16. The molecule has 1 atom stereocenters. The SMILES string of the molecule is CCOc1ccccc1N1CCN(C(Cc2c(C(=O)O)[nH]c3ccc(Cl)cc23)OC)CC1. The molecular formula is C24H28ClN3O4. The van der Waals surface area contributed by atoms with Gasteiger partial charge in [-0.1, -0.05) is 23.7 Å². The van der Waals surface area contributed by atoms with E-state index in [-0.39, 0.29) is 11.9 Å². The van der Waals surface area contributed by atoms with Gasteiger partial charge in [-0.15, -0.1) is 0 Å². The van der Waals surface area contributed by atoms with Gasteiger partial charge in [-0.2, -0.15) is 0 Å². The first-order valence-corrected chi connectivity index (χ1v) is 11.2. The second kappa shape index (κ2) is 9.81. The minimum Gasteiger partial charge on any atom is -0.492 e. The third-order valence-electron chi connectivity index (χ3n) is 5.96. The summed E-state index contributed by atoms with van der Waals surface area (Å²) in [6.45, 7) is 5.87. The summed E-state index contributed by atoms with van der Waals surface area (Å²) >= 11 is 6.19. The van der Waals surface area contributed by atoms with E-state index in [2.05, 4.69) is 20.9 Å². The number of benzene rings is 2. The molecular weight excluding hydrogens is 430 g/mol. The largest absolute Gasteiger partial charge is 0.492 e. The number of fused-ring (bicyclic) bond motifs is 1.